The molecule has 2 aliphatic rings. The summed E-state index contributed by atoms with van der Waals surface area (Å²) in [4.78, 5) is 2.54. The lowest BCUT2D eigenvalue weighted by Gasteiger charge is -2.41. The van der Waals surface area contributed by atoms with Crippen molar-refractivity contribution in [2.75, 3.05) is 39.4 Å². The number of aromatic hydroxyl groups is 1. The van der Waals surface area contributed by atoms with Crippen LogP contribution in [-0.4, -0.2) is 49.4 Å². The Hall–Kier alpha value is -1.10. The van der Waals surface area contributed by atoms with E-state index >= 15 is 0 Å². The van der Waals surface area contributed by atoms with Crippen molar-refractivity contribution in [2.45, 2.75) is 25.8 Å². The molecule has 4 nitrogen and oxygen atoms in total. The van der Waals surface area contributed by atoms with Gasteiger partial charge in [0, 0.05) is 51.0 Å². The third kappa shape index (κ3) is 3.39. The number of phenols is 1. The van der Waals surface area contributed by atoms with Gasteiger partial charge in [0.05, 0.1) is 0 Å². The molecule has 1 aromatic carbocycles. The van der Waals surface area contributed by atoms with Gasteiger partial charge in [-0.1, -0.05) is 12.1 Å². The van der Waals surface area contributed by atoms with Gasteiger partial charge >= 0.3 is 0 Å². The maximum absolute atomic E-state index is 10.4. The molecule has 2 fully saturated rings. The average Bonchev–Trinajstić information content (AvgIpc) is 2.52. The monoisotopic (exact) mass is 290 g/mol. The second kappa shape index (κ2) is 6.77. The summed E-state index contributed by atoms with van der Waals surface area (Å²) in [5.41, 5.74) is 2.21. The fraction of sp³-hybridized carbons (Fsp3) is 0.647. The zero-order valence-corrected chi connectivity index (χ0v) is 12.8. The highest BCUT2D eigenvalue weighted by atomic mass is 16.5. The first-order chi connectivity index (χ1) is 10.3. The Morgan fingerprint density at radius 2 is 1.95 bits per heavy atom. The van der Waals surface area contributed by atoms with Gasteiger partial charge < -0.3 is 15.2 Å². The molecule has 0 unspecified atom stereocenters. The van der Waals surface area contributed by atoms with Gasteiger partial charge in [0.15, 0.2) is 0 Å². The van der Waals surface area contributed by atoms with Crippen LogP contribution in [-0.2, 0) is 4.74 Å². The number of aryl methyl sites for hydroxylation is 1. The lowest BCUT2D eigenvalue weighted by atomic mass is 9.85. The zero-order chi connectivity index (χ0) is 14.7. The third-order valence-corrected chi connectivity index (χ3v) is 4.76. The molecule has 2 saturated heterocycles. The minimum Gasteiger partial charge on any atom is -0.508 e. The molecular weight excluding hydrogens is 264 g/mol. The van der Waals surface area contributed by atoms with E-state index in [1.807, 2.05) is 13.0 Å². The average molecular weight is 290 g/mol. The number of nitrogens with zero attached hydrogens (tertiary/aromatic N) is 1. The number of benzene rings is 1. The number of phenolic OH excluding ortho intramolecular Hbond substituents is 1. The van der Waals surface area contributed by atoms with E-state index in [9.17, 15) is 5.11 Å². The Morgan fingerprint density at radius 1 is 1.24 bits per heavy atom. The summed E-state index contributed by atoms with van der Waals surface area (Å²) in [6.45, 7) is 7.89. The van der Waals surface area contributed by atoms with Gasteiger partial charge in [-0.05, 0) is 37.3 Å². The Kier molecular flexibility index (Phi) is 4.78. The highest BCUT2D eigenvalue weighted by molar-refractivity contribution is 5.38. The van der Waals surface area contributed by atoms with Gasteiger partial charge in [0.2, 0.25) is 0 Å². The third-order valence-electron chi connectivity index (χ3n) is 4.76. The highest BCUT2D eigenvalue weighted by Crippen LogP contribution is 2.39. The summed E-state index contributed by atoms with van der Waals surface area (Å²) in [6.07, 6.45) is 2.17. The van der Waals surface area contributed by atoms with Crippen molar-refractivity contribution < 1.29 is 9.84 Å². The van der Waals surface area contributed by atoms with Crippen molar-refractivity contribution in [3.8, 4) is 5.75 Å². The number of hydrogen-bond acceptors (Lipinski definition) is 4. The van der Waals surface area contributed by atoms with Crippen LogP contribution in [0.15, 0.2) is 18.2 Å². The molecule has 0 aliphatic carbocycles. The van der Waals surface area contributed by atoms with Gasteiger partial charge in [-0.2, -0.15) is 0 Å². The van der Waals surface area contributed by atoms with E-state index in [0.717, 1.165) is 63.4 Å². The second-order valence-corrected chi connectivity index (χ2v) is 6.24. The van der Waals surface area contributed by atoms with Crippen molar-refractivity contribution in [1.82, 2.24) is 10.2 Å². The van der Waals surface area contributed by atoms with E-state index in [1.54, 1.807) is 0 Å². The maximum atomic E-state index is 10.4. The van der Waals surface area contributed by atoms with E-state index in [4.69, 9.17) is 4.74 Å². The smallest absolute Gasteiger partial charge is 0.120 e. The van der Waals surface area contributed by atoms with Crippen molar-refractivity contribution in [3.63, 3.8) is 0 Å². The topological polar surface area (TPSA) is 44.7 Å². The van der Waals surface area contributed by atoms with Crippen LogP contribution in [0.4, 0.5) is 0 Å². The molecule has 21 heavy (non-hydrogen) atoms. The summed E-state index contributed by atoms with van der Waals surface area (Å²) < 4.78 is 5.53. The molecule has 2 heterocycles. The van der Waals surface area contributed by atoms with Crippen LogP contribution >= 0.6 is 0 Å². The molecule has 3 rings (SSSR count). The molecule has 2 N–H and O–H groups in total. The van der Waals surface area contributed by atoms with Crippen molar-refractivity contribution >= 4 is 0 Å². The Labute approximate surface area is 127 Å². The SMILES string of the molecule is Cc1ccc([C@@H](C2CCOCC2)N2CCNCC2)c(O)c1. The molecule has 1 atom stereocenters. The maximum Gasteiger partial charge on any atom is 0.120 e. The van der Waals surface area contributed by atoms with Crippen molar-refractivity contribution in [1.29, 1.82) is 0 Å². The number of hydrogen-bond donors (Lipinski definition) is 2. The van der Waals surface area contributed by atoms with Gasteiger partial charge in [0.25, 0.3) is 0 Å². The van der Waals surface area contributed by atoms with E-state index in [0.29, 0.717) is 17.7 Å². The lowest BCUT2D eigenvalue weighted by molar-refractivity contribution is 0.0206. The van der Waals surface area contributed by atoms with Crippen LogP contribution in [0.1, 0.15) is 30.0 Å². The number of nitrogens with one attached hydrogen (secondary N) is 1. The van der Waals surface area contributed by atoms with Gasteiger partial charge in [0.1, 0.15) is 5.75 Å². The van der Waals surface area contributed by atoms with Crippen LogP contribution in [0.25, 0.3) is 0 Å². The molecule has 0 radical (unpaired) electrons. The van der Waals surface area contributed by atoms with Crippen LogP contribution in [0, 0.1) is 12.8 Å². The van der Waals surface area contributed by atoms with E-state index in [1.165, 1.54) is 0 Å². The Morgan fingerprint density at radius 3 is 2.62 bits per heavy atom. The minimum atomic E-state index is 0.316. The van der Waals surface area contributed by atoms with Crippen molar-refractivity contribution in [2.24, 2.45) is 5.92 Å². The second-order valence-electron chi connectivity index (χ2n) is 6.24. The molecule has 4 heteroatoms. The fourth-order valence-corrected chi connectivity index (χ4v) is 3.64. The van der Waals surface area contributed by atoms with E-state index in [-0.39, 0.29) is 0 Å². The number of piperazine rings is 1. The van der Waals surface area contributed by atoms with Crippen LogP contribution < -0.4 is 5.32 Å². The molecule has 2 aliphatic heterocycles. The van der Waals surface area contributed by atoms with Crippen molar-refractivity contribution in [3.05, 3.63) is 29.3 Å². The number of rotatable bonds is 3. The summed E-state index contributed by atoms with van der Waals surface area (Å²) in [5, 5.41) is 13.9. The first-order valence-electron chi connectivity index (χ1n) is 8.08. The quantitative estimate of drug-likeness (QED) is 0.894. The van der Waals surface area contributed by atoms with Gasteiger partial charge in [-0.25, -0.2) is 0 Å². The zero-order valence-electron chi connectivity index (χ0n) is 12.8. The van der Waals surface area contributed by atoms with Gasteiger partial charge in [-0.3, -0.25) is 4.90 Å². The molecular formula is C17H26N2O2. The molecule has 0 aromatic heterocycles. The predicted molar refractivity (Wildman–Crippen MR) is 83.6 cm³/mol. The Bertz CT molecular complexity index is 448. The standard InChI is InChI=1S/C17H26N2O2/c1-13-2-3-15(16(20)12-13)17(14-4-10-21-11-5-14)19-8-6-18-7-9-19/h2-3,12,14,17-18,20H,4-11H2,1H3/t17-/m1/s1. The summed E-state index contributed by atoms with van der Waals surface area (Å²) in [6, 6.07) is 6.44. The predicted octanol–water partition coefficient (Wildman–Crippen LogP) is 2.07. The van der Waals surface area contributed by atoms with Crippen LogP contribution in [0.3, 0.4) is 0 Å². The minimum absolute atomic E-state index is 0.316. The van der Waals surface area contributed by atoms with Crippen LogP contribution in [0.5, 0.6) is 5.75 Å². The van der Waals surface area contributed by atoms with E-state index < -0.39 is 0 Å². The fourth-order valence-electron chi connectivity index (χ4n) is 3.64. The largest absolute Gasteiger partial charge is 0.508 e. The molecule has 1 aromatic rings. The highest BCUT2D eigenvalue weighted by Gasteiger charge is 2.32. The molecule has 116 valence electrons. The summed E-state index contributed by atoms with van der Waals surface area (Å²) in [7, 11) is 0. The van der Waals surface area contributed by atoms with Gasteiger partial charge in [-0.15, -0.1) is 0 Å². The normalized spacial score (nSPS) is 23.1. The first-order valence-corrected chi connectivity index (χ1v) is 8.08. The summed E-state index contributed by atoms with van der Waals surface area (Å²) in [5.74, 6) is 1.02. The van der Waals surface area contributed by atoms with Crippen LogP contribution in [0.2, 0.25) is 0 Å². The first kappa shape index (κ1) is 14.8. The Balaban J connectivity index is 1.89. The summed E-state index contributed by atoms with van der Waals surface area (Å²) >= 11 is 0. The molecule has 0 bridgehead atoms. The molecule has 0 amide bonds. The number of ether oxygens (including phenoxy) is 1. The molecule has 0 saturated carbocycles. The lowest BCUT2D eigenvalue weighted by Crippen LogP contribution is -2.47. The van der Waals surface area contributed by atoms with E-state index in [2.05, 4.69) is 22.3 Å². The molecule has 0 spiro atoms.